The number of hydrogen-bond acceptors (Lipinski definition) is 7. The van der Waals surface area contributed by atoms with Crippen LogP contribution >= 0.6 is 23.1 Å². The Kier molecular flexibility index (Phi) is 4.82. The Morgan fingerprint density at radius 2 is 2.26 bits per heavy atom. The van der Waals surface area contributed by atoms with Crippen molar-refractivity contribution in [3.05, 3.63) is 41.2 Å². The normalized spacial score (nSPS) is 11.9. The number of thiazole rings is 1. The molecular formula is C15H16N4O2S2. The average Bonchev–Trinajstić information content (AvgIpc) is 3.15. The zero-order chi connectivity index (χ0) is 16.2. The van der Waals surface area contributed by atoms with Crippen molar-refractivity contribution in [3.63, 3.8) is 0 Å². The van der Waals surface area contributed by atoms with Crippen LogP contribution in [0.1, 0.15) is 10.6 Å². The van der Waals surface area contributed by atoms with Gasteiger partial charge < -0.3 is 9.57 Å². The Labute approximate surface area is 142 Å². The molecular weight excluding hydrogens is 332 g/mol. The number of aromatic nitrogens is 3. The monoisotopic (exact) mass is 348 g/mol. The van der Waals surface area contributed by atoms with Gasteiger partial charge in [0, 0.05) is 10.6 Å². The zero-order valence-corrected chi connectivity index (χ0v) is 14.6. The molecule has 0 fully saturated rings. The Morgan fingerprint density at radius 1 is 1.39 bits per heavy atom. The van der Waals surface area contributed by atoms with E-state index in [9.17, 15) is 0 Å². The van der Waals surface area contributed by atoms with Crippen LogP contribution in [-0.4, -0.2) is 40.3 Å². The molecule has 120 valence electrons. The van der Waals surface area contributed by atoms with E-state index in [4.69, 9.17) is 9.57 Å². The summed E-state index contributed by atoms with van der Waals surface area (Å²) in [6.45, 7) is 2.01. The number of benzene rings is 1. The van der Waals surface area contributed by atoms with Gasteiger partial charge in [-0.3, -0.25) is 0 Å². The lowest BCUT2D eigenvalue weighted by atomic mass is 10.3. The summed E-state index contributed by atoms with van der Waals surface area (Å²) in [6, 6.07) is 7.96. The molecule has 0 spiro atoms. The fourth-order valence-corrected chi connectivity index (χ4v) is 4.13. The van der Waals surface area contributed by atoms with Gasteiger partial charge in [-0.05, 0) is 25.1 Å². The van der Waals surface area contributed by atoms with E-state index in [0.29, 0.717) is 5.75 Å². The molecule has 0 aliphatic rings. The van der Waals surface area contributed by atoms with E-state index in [1.807, 2.05) is 35.7 Å². The topological polar surface area (TPSA) is 61.0 Å². The molecule has 0 amide bonds. The number of aryl methyl sites for hydroxylation is 1. The minimum atomic E-state index is 0.686. The highest BCUT2D eigenvalue weighted by Crippen LogP contribution is 2.27. The number of fused-ring (bicyclic) bond motifs is 1. The second kappa shape index (κ2) is 7.01. The number of rotatable bonds is 6. The average molecular weight is 348 g/mol. The molecule has 0 aliphatic heterocycles. The smallest absolute Gasteiger partial charge is 0.212 e. The summed E-state index contributed by atoms with van der Waals surface area (Å²) >= 11 is 3.24. The van der Waals surface area contributed by atoms with Crippen molar-refractivity contribution in [2.24, 2.45) is 5.16 Å². The number of nitrogens with zero attached hydrogens (tertiary/aromatic N) is 4. The molecule has 0 radical (unpaired) electrons. The third-order valence-electron chi connectivity index (χ3n) is 3.24. The minimum absolute atomic E-state index is 0.686. The molecule has 0 aliphatic carbocycles. The molecule has 0 saturated carbocycles. The Bertz CT molecular complexity index is 841. The summed E-state index contributed by atoms with van der Waals surface area (Å²) in [5, 5.41) is 8.41. The maximum absolute atomic E-state index is 5.26. The van der Waals surface area contributed by atoms with Gasteiger partial charge in [0.2, 0.25) is 4.96 Å². The first-order chi connectivity index (χ1) is 11.2. The summed E-state index contributed by atoms with van der Waals surface area (Å²) in [6.07, 6.45) is 1.56. The van der Waals surface area contributed by atoms with Crippen molar-refractivity contribution < 1.29 is 9.57 Å². The molecule has 0 N–H and O–H groups in total. The lowest BCUT2D eigenvalue weighted by Crippen LogP contribution is -2.06. The fourth-order valence-electron chi connectivity index (χ4n) is 2.15. The van der Waals surface area contributed by atoms with Crippen molar-refractivity contribution >= 4 is 33.8 Å². The molecule has 2 aromatic heterocycles. The van der Waals surface area contributed by atoms with Gasteiger partial charge in [0.05, 0.1) is 17.7 Å². The van der Waals surface area contributed by atoms with Gasteiger partial charge in [0.15, 0.2) is 0 Å². The van der Waals surface area contributed by atoms with Gasteiger partial charge >= 0.3 is 0 Å². The molecule has 0 saturated heterocycles. The summed E-state index contributed by atoms with van der Waals surface area (Å²) < 4.78 is 7.08. The number of ether oxygens (including phenoxy) is 1. The van der Waals surface area contributed by atoms with E-state index in [0.717, 1.165) is 31.9 Å². The first kappa shape index (κ1) is 15.8. The summed E-state index contributed by atoms with van der Waals surface area (Å²) in [7, 11) is 3.22. The molecule has 0 unspecified atom stereocenters. The summed E-state index contributed by atoms with van der Waals surface area (Å²) in [5.74, 6) is 1.53. The largest absolute Gasteiger partial charge is 0.497 e. The number of methoxy groups -OCH3 is 1. The molecule has 23 heavy (non-hydrogen) atoms. The predicted octanol–water partition coefficient (Wildman–Crippen LogP) is 3.25. The molecule has 2 heterocycles. The second-order valence-corrected chi connectivity index (χ2v) is 6.69. The number of hydrogen-bond donors (Lipinski definition) is 0. The van der Waals surface area contributed by atoms with Gasteiger partial charge in [0.25, 0.3) is 0 Å². The highest BCUT2D eigenvalue weighted by Gasteiger charge is 2.16. The lowest BCUT2D eigenvalue weighted by molar-refractivity contribution is 0.213. The molecule has 6 nitrogen and oxygen atoms in total. The van der Waals surface area contributed by atoms with Crippen LogP contribution in [0, 0.1) is 6.92 Å². The first-order valence-electron chi connectivity index (χ1n) is 6.89. The Morgan fingerprint density at radius 3 is 3.00 bits per heavy atom. The molecule has 8 heteroatoms. The fraction of sp³-hybridized carbons (Fsp3) is 0.267. The van der Waals surface area contributed by atoms with Crippen LogP contribution in [0.4, 0.5) is 0 Å². The van der Waals surface area contributed by atoms with Crippen LogP contribution in [0.25, 0.3) is 4.96 Å². The minimum Gasteiger partial charge on any atom is -0.497 e. The van der Waals surface area contributed by atoms with Gasteiger partial charge in [-0.2, -0.15) is 5.10 Å². The van der Waals surface area contributed by atoms with Crippen molar-refractivity contribution in [1.29, 1.82) is 0 Å². The maximum Gasteiger partial charge on any atom is 0.212 e. The zero-order valence-electron chi connectivity index (χ0n) is 13.0. The summed E-state index contributed by atoms with van der Waals surface area (Å²) in [4.78, 5) is 12.3. The third kappa shape index (κ3) is 3.32. The first-order valence-corrected chi connectivity index (χ1v) is 8.69. The molecule has 3 aromatic rings. The maximum atomic E-state index is 5.26. The van der Waals surface area contributed by atoms with Crippen molar-refractivity contribution in [2.75, 3.05) is 20.0 Å². The van der Waals surface area contributed by atoms with Crippen LogP contribution in [0.15, 0.2) is 40.6 Å². The number of oxime groups is 1. The van der Waals surface area contributed by atoms with E-state index >= 15 is 0 Å². The summed E-state index contributed by atoms with van der Waals surface area (Å²) in [5.41, 5.74) is 1.89. The van der Waals surface area contributed by atoms with E-state index in [1.165, 1.54) is 0 Å². The van der Waals surface area contributed by atoms with Crippen molar-refractivity contribution in [1.82, 2.24) is 14.6 Å². The van der Waals surface area contributed by atoms with Crippen LogP contribution in [-0.2, 0) is 4.84 Å². The van der Waals surface area contributed by atoms with Gasteiger partial charge in [0.1, 0.15) is 24.9 Å². The molecule has 1 aromatic carbocycles. The molecule has 3 rings (SSSR count). The van der Waals surface area contributed by atoms with Gasteiger partial charge in [-0.25, -0.2) is 9.50 Å². The van der Waals surface area contributed by atoms with E-state index in [1.54, 1.807) is 43.6 Å². The highest BCUT2D eigenvalue weighted by molar-refractivity contribution is 8.00. The molecule has 0 atom stereocenters. The quantitative estimate of drug-likeness (QED) is 0.389. The van der Waals surface area contributed by atoms with Crippen LogP contribution in [0.2, 0.25) is 0 Å². The molecule has 0 bridgehead atoms. The van der Waals surface area contributed by atoms with Crippen molar-refractivity contribution in [3.8, 4) is 5.75 Å². The standard InChI is InChI=1S/C15H16N4O2S2/c1-10-14(23-15-16-9-17-19(10)15)13(18-21-3)8-22-12-6-4-5-11(7-12)20-2/h4-7,9H,8H2,1-3H3. The van der Waals surface area contributed by atoms with Gasteiger partial charge in [-0.15, -0.1) is 11.8 Å². The Hall–Kier alpha value is -2.06. The van der Waals surface area contributed by atoms with Crippen LogP contribution in [0.5, 0.6) is 5.75 Å². The van der Waals surface area contributed by atoms with Crippen LogP contribution in [0.3, 0.4) is 0 Å². The predicted molar refractivity (Wildman–Crippen MR) is 92.9 cm³/mol. The van der Waals surface area contributed by atoms with Gasteiger partial charge in [-0.1, -0.05) is 22.6 Å². The SMILES string of the molecule is CON=C(CSc1cccc(OC)c1)c1sc2ncnn2c1C. The third-order valence-corrected chi connectivity index (χ3v) is 5.44. The van der Waals surface area contributed by atoms with Crippen LogP contribution < -0.4 is 4.74 Å². The van der Waals surface area contributed by atoms with Crippen molar-refractivity contribution in [2.45, 2.75) is 11.8 Å². The van der Waals surface area contributed by atoms with E-state index in [-0.39, 0.29) is 0 Å². The van der Waals surface area contributed by atoms with E-state index in [2.05, 4.69) is 15.2 Å². The Balaban J connectivity index is 1.83. The second-order valence-electron chi connectivity index (χ2n) is 4.66. The highest BCUT2D eigenvalue weighted by atomic mass is 32.2. The number of thioether (sulfide) groups is 1. The van der Waals surface area contributed by atoms with E-state index < -0.39 is 0 Å². The lowest BCUT2D eigenvalue weighted by Gasteiger charge is -2.06.